The van der Waals surface area contributed by atoms with Crippen LogP contribution in [0, 0.1) is 12.7 Å². The highest BCUT2D eigenvalue weighted by Gasteiger charge is 2.43. The lowest BCUT2D eigenvalue weighted by molar-refractivity contribution is 0.0988. The number of aromatic hydroxyl groups is 1. The summed E-state index contributed by atoms with van der Waals surface area (Å²) in [7, 11) is 1.48. The zero-order valence-corrected chi connectivity index (χ0v) is 17.5. The summed E-state index contributed by atoms with van der Waals surface area (Å²) in [6.07, 6.45) is 0. The molecule has 2 N–H and O–H groups in total. The van der Waals surface area contributed by atoms with Crippen molar-refractivity contribution in [1.29, 1.82) is 0 Å². The Labute approximate surface area is 183 Å². The van der Waals surface area contributed by atoms with E-state index in [1.54, 1.807) is 35.2 Å². The van der Waals surface area contributed by atoms with Gasteiger partial charge < -0.3 is 9.84 Å². The van der Waals surface area contributed by atoms with Crippen LogP contribution in [0.2, 0.25) is 0 Å². The highest BCUT2D eigenvalue weighted by atomic mass is 19.1. The number of hydrogen-bond donors (Lipinski definition) is 2. The number of amides is 1. The third kappa shape index (κ3) is 3.10. The number of carbonyl (C=O) groups is 1. The van der Waals surface area contributed by atoms with Gasteiger partial charge in [0.15, 0.2) is 11.5 Å². The first kappa shape index (κ1) is 19.8. The van der Waals surface area contributed by atoms with Crippen LogP contribution in [0.3, 0.4) is 0 Å². The topological polar surface area (TPSA) is 78.5 Å². The standard InChI is InChI=1S/C25H20FN3O3/c1-14-3-10-18(11-4-14)29-24(16-7-12-19(30)20(13-16)32-2)21-22(27-28-23(21)25(29)31)15-5-8-17(26)9-6-15/h3-13,24,30H,1-2H3,(H,27,28)/t24-/m0/s1. The average Bonchev–Trinajstić information content (AvgIpc) is 3.35. The van der Waals surface area contributed by atoms with Crippen LogP contribution in [0.4, 0.5) is 10.1 Å². The molecule has 0 saturated carbocycles. The highest BCUT2D eigenvalue weighted by molar-refractivity contribution is 6.11. The zero-order valence-electron chi connectivity index (χ0n) is 17.5. The summed E-state index contributed by atoms with van der Waals surface area (Å²) in [5.41, 5.74) is 4.88. The molecule has 0 fully saturated rings. The maximum atomic E-state index is 13.5. The van der Waals surface area contributed by atoms with Crippen molar-refractivity contribution >= 4 is 11.6 Å². The molecule has 0 aliphatic carbocycles. The Morgan fingerprint density at radius 1 is 1.06 bits per heavy atom. The van der Waals surface area contributed by atoms with Gasteiger partial charge in [-0.1, -0.05) is 23.8 Å². The summed E-state index contributed by atoms with van der Waals surface area (Å²) in [5, 5.41) is 17.4. The van der Waals surface area contributed by atoms with E-state index in [4.69, 9.17) is 4.74 Å². The summed E-state index contributed by atoms with van der Waals surface area (Å²) in [6.45, 7) is 1.98. The van der Waals surface area contributed by atoms with Crippen LogP contribution in [0.5, 0.6) is 11.5 Å². The van der Waals surface area contributed by atoms with Crippen LogP contribution in [0.1, 0.15) is 33.2 Å². The number of ether oxygens (including phenoxy) is 1. The second-order valence-electron chi connectivity index (χ2n) is 7.71. The Balaban J connectivity index is 1.73. The maximum Gasteiger partial charge on any atom is 0.277 e. The predicted molar refractivity (Wildman–Crippen MR) is 118 cm³/mol. The summed E-state index contributed by atoms with van der Waals surface area (Å²) >= 11 is 0. The van der Waals surface area contributed by atoms with Crippen molar-refractivity contribution in [2.45, 2.75) is 13.0 Å². The van der Waals surface area contributed by atoms with Crippen molar-refractivity contribution < 1.29 is 19.0 Å². The number of phenolic OH excluding ortho intramolecular Hbond substituents is 1. The molecule has 1 aliphatic rings. The number of anilines is 1. The van der Waals surface area contributed by atoms with Crippen molar-refractivity contribution in [3.05, 3.63) is 94.9 Å². The smallest absolute Gasteiger partial charge is 0.277 e. The van der Waals surface area contributed by atoms with Crippen molar-refractivity contribution in [2.75, 3.05) is 12.0 Å². The van der Waals surface area contributed by atoms with Crippen molar-refractivity contribution in [1.82, 2.24) is 10.2 Å². The second kappa shape index (κ2) is 7.53. The minimum atomic E-state index is -0.520. The van der Waals surface area contributed by atoms with E-state index in [1.807, 2.05) is 31.2 Å². The fraction of sp³-hybridized carbons (Fsp3) is 0.120. The normalized spacial score (nSPS) is 15.2. The highest BCUT2D eigenvalue weighted by Crippen LogP contribution is 2.46. The molecule has 1 aliphatic heterocycles. The van der Waals surface area contributed by atoms with Gasteiger partial charge in [-0.25, -0.2) is 4.39 Å². The van der Waals surface area contributed by atoms with Gasteiger partial charge in [0.1, 0.15) is 11.5 Å². The van der Waals surface area contributed by atoms with Gasteiger partial charge in [0.05, 0.1) is 18.8 Å². The molecule has 0 radical (unpaired) electrons. The summed E-state index contributed by atoms with van der Waals surface area (Å²) < 4.78 is 18.8. The Bertz CT molecular complexity index is 1310. The van der Waals surface area contributed by atoms with E-state index in [1.165, 1.54) is 19.2 Å². The fourth-order valence-electron chi connectivity index (χ4n) is 4.13. The first-order chi connectivity index (χ1) is 15.5. The van der Waals surface area contributed by atoms with E-state index in [9.17, 15) is 14.3 Å². The number of methoxy groups -OCH3 is 1. The molecule has 1 amide bonds. The van der Waals surface area contributed by atoms with E-state index in [0.717, 1.165) is 16.8 Å². The molecule has 1 atom stereocenters. The quantitative estimate of drug-likeness (QED) is 0.479. The van der Waals surface area contributed by atoms with Crippen LogP contribution in [0.15, 0.2) is 66.7 Å². The van der Waals surface area contributed by atoms with Crippen LogP contribution in [0.25, 0.3) is 11.3 Å². The molecule has 5 rings (SSSR count). The van der Waals surface area contributed by atoms with Gasteiger partial charge >= 0.3 is 0 Å². The molecule has 160 valence electrons. The number of benzene rings is 3. The summed E-state index contributed by atoms with van der Waals surface area (Å²) in [6, 6.07) is 18.2. The minimum absolute atomic E-state index is 0.00799. The number of aryl methyl sites for hydroxylation is 1. The molecular weight excluding hydrogens is 409 g/mol. The third-order valence-corrected chi connectivity index (χ3v) is 5.72. The minimum Gasteiger partial charge on any atom is -0.504 e. The summed E-state index contributed by atoms with van der Waals surface area (Å²) in [4.78, 5) is 15.2. The number of fused-ring (bicyclic) bond motifs is 1. The van der Waals surface area contributed by atoms with Gasteiger partial charge in [-0.2, -0.15) is 5.10 Å². The lowest BCUT2D eigenvalue weighted by Crippen LogP contribution is -2.29. The molecule has 32 heavy (non-hydrogen) atoms. The number of phenols is 1. The zero-order chi connectivity index (χ0) is 22.4. The molecule has 0 spiro atoms. The maximum absolute atomic E-state index is 13.5. The fourth-order valence-corrected chi connectivity index (χ4v) is 4.13. The first-order valence-electron chi connectivity index (χ1n) is 10.1. The average molecular weight is 429 g/mol. The predicted octanol–water partition coefficient (Wildman–Crippen LogP) is 4.99. The number of halogens is 1. The molecule has 0 bridgehead atoms. The number of rotatable bonds is 4. The molecule has 6 nitrogen and oxygen atoms in total. The number of hydrogen-bond acceptors (Lipinski definition) is 4. The number of carbonyl (C=O) groups excluding carboxylic acids is 1. The Morgan fingerprint density at radius 2 is 1.78 bits per heavy atom. The molecule has 0 saturated heterocycles. The molecular formula is C25H20FN3O3. The molecule has 7 heteroatoms. The van der Waals surface area contributed by atoms with Crippen molar-refractivity contribution in [3.8, 4) is 22.8 Å². The van der Waals surface area contributed by atoms with E-state index < -0.39 is 6.04 Å². The largest absolute Gasteiger partial charge is 0.504 e. The van der Waals surface area contributed by atoms with Crippen LogP contribution < -0.4 is 9.64 Å². The number of H-pyrrole nitrogens is 1. The molecule has 0 unspecified atom stereocenters. The van der Waals surface area contributed by atoms with Gasteiger partial charge in [-0.3, -0.25) is 14.8 Å². The number of aromatic nitrogens is 2. The van der Waals surface area contributed by atoms with E-state index in [2.05, 4.69) is 10.2 Å². The monoisotopic (exact) mass is 429 g/mol. The first-order valence-corrected chi connectivity index (χ1v) is 10.1. The van der Waals surface area contributed by atoms with Gasteiger partial charge in [-0.15, -0.1) is 0 Å². The molecule has 3 aromatic carbocycles. The lowest BCUT2D eigenvalue weighted by atomic mass is 9.95. The molecule has 1 aromatic heterocycles. The number of nitrogens with zero attached hydrogens (tertiary/aromatic N) is 2. The van der Waals surface area contributed by atoms with Crippen LogP contribution >= 0.6 is 0 Å². The van der Waals surface area contributed by atoms with Gasteiger partial charge in [0.2, 0.25) is 0 Å². The Hall–Kier alpha value is -4.13. The van der Waals surface area contributed by atoms with Crippen molar-refractivity contribution in [2.24, 2.45) is 0 Å². The molecule has 4 aromatic rings. The summed E-state index contributed by atoms with van der Waals surface area (Å²) in [5.74, 6) is -0.257. The third-order valence-electron chi connectivity index (χ3n) is 5.72. The van der Waals surface area contributed by atoms with Crippen LogP contribution in [-0.4, -0.2) is 28.3 Å². The Morgan fingerprint density at radius 3 is 2.47 bits per heavy atom. The second-order valence-corrected chi connectivity index (χ2v) is 7.71. The lowest BCUT2D eigenvalue weighted by Gasteiger charge is -2.27. The van der Waals surface area contributed by atoms with Gasteiger partial charge in [0.25, 0.3) is 5.91 Å². The van der Waals surface area contributed by atoms with E-state index >= 15 is 0 Å². The van der Waals surface area contributed by atoms with E-state index in [0.29, 0.717) is 28.3 Å². The molecule has 2 heterocycles. The van der Waals surface area contributed by atoms with E-state index in [-0.39, 0.29) is 17.5 Å². The van der Waals surface area contributed by atoms with Crippen molar-refractivity contribution in [3.63, 3.8) is 0 Å². The SMILES string of the molecule is COc1cc([C@H]2c3c(-c4ccc(F)cc4)n[nH]c3C(=O)N2c2ccc(C)cc2)ccc1O. The van der Waals surface area contributed by atoms with Crippen LogP contribution in [-0.2, 0) is 0 Å². The number of aromatic amines is 1. The Kier molecular flexibility index (Phi) is 4.66. The number of nitrogens with one attached hydrogen (secondary N) is 1. The van der Waals surface area contributed by atoms with Gasteiger partial charge in [0, 0.05) is 16.8 Å². The van der Waals surface area contributed by atoms with Gasteiger partial charge in [-0.05, 0) is 61.0 Å².